The van der Waals surface area contributed by atoms with E-state index in [1.165, 1.54) is 11.8 Å². The van der Waals surface area contributed by atoms with Crippen LogP contribution in [0, 0.1) is 17.3 Å². The Bertz CT molecular complexity index is 1380. The first-order valence-electron chi connectivity index (χ1n) is 15.4. The summed E-state index contributed by atoms with van der Waals surface area (Å²) in [7, 11) is 0. The molecule has 1 N–H and O–H groups in total. The van der Waals surface area contributed by atoms with Crippen molar-refractivity contribution >= 4 is 28.8 Å². The lowest BCUT2D eigenvalue weighted by molar-refractivity contribution is -0.141. The molecule has 0 unspecified atom stereocenters. The Morgan fingerprint density at radius 3 is 2.35 bits per heavy atom. The van der Waals surface area contributed by atoms with E-state index in [1.54, 1.807) is 31.2 Å². The van der Waals surface area contributed by atoms with E-state index in [2.05, 4.69) is 15.3 Å². The summed E-state index contributed by atoms with van der Waals surface area (Å²) in [6.45, 7) is 8.59. The van der Waals surface area contributed by atoms with Gasteiger partial charge in [-0.1, -0.05) is 46.2 Å². The summed E-state index contributed by atoms with van der Waals surface area (Å²) in [5, 5.41) is 2.80. The first kappa shape index (κ1) is 31.1. The van der Waals surface area contributed by atoms with Crippen LogP contribution in [-0.4, -0.2) is 63.5 Å². The maximum atomic E-state index is 15.9. The van der Waals surface area contributed by atoms with E-state index in [0.29, 0.717) is 30.3 Å². The quantitative estimate of drug-likeness (QED) is 0.441. The Kier molecular flexibility index (Phi) is 8.64. The molecule has 2 aromatic rings. The number of carbonyl (C=O) groups is 3. The second kappa shape index (κ2) is 12.0. The molecule has 2 aliphatic heterocycles. The van der Waals surface area contributed by atoms with Crippen molar-refractivity contribution in [1.29, 1.82) is 0 Å². The van der Waals surface area contributed by atoms with Crippen molar-refractivity contribution in [1.82, 2.24) is 20.2 Å². The van der Waals surface area contributed by atoms with Crippen LogP contribution >= 0.6 is 0 Å². The van der Waals surface area contributed by atoms with Gasteiger partial charge in [-0.25, -0.2) is 14.8 Å². The Balaban J connectivity index is 1.56. The molecule has 1 aromatic heterocycles. The average molecular weight is 601 g/mol. The number of fused-ring (bicyclic) bond motifs is 5. The highest BCUT2D eigenvalue weighted by Gasteiger charge is 2.50. The number of ketones is 1. The van der Waals surface area contributed by atoms with E-state index >= 15 is 8.78 Å². The van der Waals surface area contributed by atoms with Crippen LogP contribution in [0.2, 0.25) is 0 Å². The molecule has 3 aliphatic rings. The van der Waals surface area contributed by atoms with E-state index in [1.807, 2.05) is 20.8 Å². The fourth-order valence-corrected chi connectivity index (χ4v) is 6.83. The zero-order valence-corrected chi connectivity index (χ0v) is 25.6. The zero-order chi connectivity index (χ0) is 31.1. The SMILES string of the molecule is CC(=O)[C@@H]1[C@H](C)[C@@H]2CN1C(=O)[C@H](C(C)(C)C)NC(=O)O[C@@H]1CCC[C@H]1CCCCC(F)(F)c1nc3ccccc3nc1O2. The predicted molar refractivity (Wildman–Crippen MR) is 156 cm³/mol. The molecule has 2 bridgehead atoms. The Labute approximate surface area is 251 Å². The smallest absolute Gasteiger partial charge is 0.408 e. The lowest BCUT2D eigenvalue weighted by Crippen LogP contribution is -2.57. The normalized spacial score (nSPS) is 30.3. The van der Waals surface area contributed by atoms with Crippen molar-refractivity contribution in [3.05, 3.63) is 30.0 Å². The molecule has 9 nitrogen and oxygen atoms in total. The molecule has 2 fully saturated rings. The maximum absolute atomic E-state index is 15.9. The molecule has 2 amide bonds. The van der Waals surface area contributed by atoms with Crippen molar-refractivity contribution in [2.75, 3.05) is 6.54 Å². The molecular formula is C32H42F2N4O5. The minimum atomic E-state index is -3.32. The van der Waals surface area contributed by atoms with Gasteiger partial charge in [-0.15, -0.1) is 0 Å². The van der Waals surface area contributed by atoms with Gasteiger partial charge in [0.1, 0.15) is 18.2 Å². The molecule has 234 valence electrons. The van der Waals surface area contributed by atoms with Crippen molar-refractivity contribution in [3.8, 4) is 5.88 Å². The predicted octanol–water partition coefficient (Wildman–Crippen LogP) is 5.79. The van der Waals surface area contributed by atoms with Gasteiger partial charge in [0.25, 0.3) is 5.92 Å². The minimum absolute atomic E-state index is 0.0439. The topological polar surface area (TPSA) is 111 Å². The van der Waals surface area contributed by atoms with E-state index in [4.69, 9.17) is 9.47 Å². The molecule has 0 spiro atoms. The summed E-state index contributed by atoms with van der Waals surface area (Å²) < 4.78 is 43.8. The van der Waals surface area contributed by atoms with Crippen molar-refractivity contribution in [3.63, 3.8) is 0 Å². The summed E-state index contributed by atoms with van der Waals surface area (Å²) in [6.07, 6.45) is 1.56. The number of hydrogen-bond donors (Lipinski definition) is 1. The summed E-state index contributed by atoms with van der Waals surface area (Å²) in [5.41, 5.74) is -0.511. The van der Waals surface area contributed by atoms with Gasteiger partial charge in [-0.05, 0) is 62.5 Å². The van der Waals surface area contributed by atoms with E-state index in [-0.39, 0.29) is 36.7 Å². The molecule has 5 rings (SSSR count). The number of nitrogens with zero attached hydrogens (tertiary/aromatic N) is 3. The number of rotatable bonds is 1. The van der Waals surface area contributed by atoms with Crippen molar-refractivity contribution in [2.24, 2.45) is 17.3 Å². The Morgan fingerprint density at radius 2 is 1.67 bits per heavy atom. The number of amides is 2. The van der Waals surface area contributed by atoms with Crippen LogP contribution in [0.4, 0.5) is 13.6 Å². The maximum Gasteiger partial charge on any atom is 0.408 e. The van der Waals surface area contributed by atoms with Crippen molar-refractivity contribution < 1.29 is 32.6 Å². The van der Waals surface area contributed by atoms with Crippen LogP contribution in [-0.2, 0) is 20.2 Å². The largest absolute Gasteiger partial charge is 0.471 e. The van der Waals surface area contributed by atoms with Gasteiger partial charge >= 0.3 is 6.09 Å². The molecule has 1 aliphatic carbocycles. The molecule has 43 heavy (non-hydrogen) atoms. The van der Waals surface area contributed by atoms with Gasteiger partial charge in [0.2, 0.25) is 11.8 Å². The van der Waals surface area contributed by atoms with E-state index in [0.717, 1.165) is 12.8 Å². The summed E-state index contributed by atoms with van der Waals surface area (Å²) in [5.74, 6) is -4.81. The number of hydrogen-bond acceptors (Lipinski definition) is 7. The lowest BCUT2D eigenvalue weighted by atomic mass is 9.85. The first-order valence-corrected chi connectivity index (χ1v) is 15.4. The Morgan fingerprint density at radius 1 is 1.00 bits per heavy atom. The molecule has 1 saturated heterocycles. The van der Waals surface area contributed by atoms with Gasteiger partial charge in [0.05, 0.1) is 23.6 Å². The van der Waals surface area contributed by atoms with E-state index in [9.17, 15) is 14.4 Å². The molecule has 3 heterocycles. The number of para-hydroxylation sites is 2. The molecule has 1 aromatic carbocycles. The number of aromatic nitrogens is 2. The highest BCUT2D eigenvalue weighted by atomic mass is 19.3. The van der Waals surface area contributed by atoms with Crippen molar-refractivity contribution in [2.45, 2.75) is 110 Å². The molecule has 6 atom stereocenters. The van der Waals surface area contributed by atoms with Crippen LogP contribution in [0.1, 0.15) is 85.3 Å². The van der Waals surface area contributed by atoms with Crippen LogP contribution in [0.25, 0.3) is 11.0 Å². The lowest BCUT2D eigenvalue weighted by Gasteiger charge is -2.35. The van der Waals surface area contributed by atoms with Gasteiger partial charge in [-0.3, -0.25) is 9.59 Å². The highest BCUT2D eigenvalue weighted by Crippen LogP contribution is 2.41. The molecule has 0 radical (unpaired) electrons. The van der Waals surface area contributed by atoms with Crippen LogP contribution in [0.15, 0.2) is 24.3 Å². The monoisotopic (exact) mass is 600 g/mol. The number of carbonyl (C=O) groups excluding carboxylic acids is 3. The minimum Gasteiger partial charge on any atom is -0.471 e. The number of alkyl carbamates (subject to hydrolysis) is 1. The second-order valence-corrected chi connectivity index (χ2v) is 13.5. The number of halogens is 2. The van der Waals surface area contributed by atoms with Gasteiger partial charge in [-0.2, -0.15) is 8.78 Å². The Hall–Kier alpha value is -3.37. The van der Waals surface area contributed by atoms with Gasteiger partial charge in [0.15, 0.2) is 11.5 Å². The third kappa shape index (κ3) is 6.45. The van der Waals surface area contributed by atoms with Gasteiger partial charge in [0, 0.05) is 12.3 Å². The molecule has 11 heteroatoms. The second-order valence-electron chi connectivity index (χ2n) is 13.5. The van der Waals surface area contributed by atoms with Gasteiger partial charge < -0.3 is 19.7 Å². The summed E-state index contributed by atoms with van der Waals surface area (Å²) >= 11 is 0. The van der Waals surface area contributed by atoms with Crippen LogP contribution < -0.4 is 10.1 Å². The summed E-state index contributed by atoms with van der Waals surface area (Å²) in [4.78, 5) is 50.3. The zero-order valence-electron chi connectivity index (χ0n) is 25.6. The van der Waals surface area contributed by atoms with E-state index < -0.39 is 59.6 Å². The fraction of sp³-hybridized carbons (Fsp3) is 0.656. The fourth-order valence-electron chi connectivity index (χ4n) is 6.83. The number of ether oxygens (including phenoxy) is 2. The standard InChI is InChI=1S/C32H42F2N4O5/c1-18-24-17-38(25(18)19(2)39)29(40)27(31(3,4)5)37-30(41)43-23-15-10-12-20(23)11-8-9-16-32(33,34)26-28(42-24)36-22-14-7-6-13-21(22)35-26/h6-7,13-14,18,20,23-25,27H,8-12,15-17H2,1-5H3,(H,37,41)/t18-,20-,23-,24+,25+,27-/m1/s1. The number of Topliss-reactive ketones (excluding diaryl/α,β-unsaturated/α-hetero) is 1. The number of benzene rings is 1. The number of nitrogens with one attached hydrogen (secondary N) is 1. The highest BCUT2D eigenvalue weighted by molar-refractivity contribution is 5.92. The third-order valence-electron chi connectivity index (χ3n) is 9.18. The first-order chi connectivity index (χ1) is 20.3. The average Bonchev–Trinajstić information content (AvgIpc) is 3.51. The molecule has 1 saturated carbocycles. The third-order valence-corrected chi connectivity index (χ3v) is 9.18. The van der Waals surface area contributed by atoms with Crippen LogP contribution in [0.3, 0.4) is 0 Å². The summed E-state index contributed by atoms with van der Waals surface area (Å²) in [6, 6.07) is 4.90. The number of alkyl halides is 2. The van der Waals surface area contributed by atoms with Crippen LogP contribution in [0.5, 0.6) is 5.88 Å². The molecular weight excluding hydrogens is 558 g/mol.